The van der Waals surface area contributed by atoms with Gasteiger partial charge in [0.2, 0.25) is 0 Å². The fraction of sp³-hybridized carbons (Fsp3) is 0.682. The standard InChI is InChI=1S/C22H33N3O4/c1-21(2,3)28-19(26)24-13-7-8-17(24)15-9-12-18(23-14-15)25(16-10-11-16)20(27)29-22(4,5)6/h9,12,14,16-17H,7-8,10-11,13H2,1-6H3. The van der Waals surface area contributed by atoms with E-state index >= 15 is 0 Å². The predicted molar refractivity (Wildman–Crippen MR) is 111 cm³/mol. The number of nitrogens with zero attached hydrogens (tertiary/aromatic N) is 3. The van der Waals surface area contributed by atoms with Gasteiger partial charge in [-0.3, -0.25) is 4.90 Å². The number of likely N-dealkylation sites (tertiary alicyclic amines) is 1. The van der Waals surface area contributed by atoms with Gasteiger partial charge in [0.15, 0.2) is 0 Å². The Bertz CT molecular complexity index is 745. The Kier molecular flexibility index (Phi) is 5.79. The number of hydrogen-bond donors (Lipinski definition) is 0. The number of carbonyl (C=O) groups excluding carboxylic acids is 2. The van der Waals surface area contributed by atoms with Gasteiger partial charge in [-0.25, -0.2) is 14.6 Å². The first kappa shape index (κ1) is 21.4. The average Bonchev–Trinajstić information content (AvgIpc) is 3.27. The molecule has 1 saturated carbocycles. The van der Waals surface area contributed by atoms with Crippen molar-refractivity contribution in [2.24, 2.45) is 0 Å². The molecule has 1 atom stereocenters. The molecule has 0 bridgehead atoms. The van der Waals surface area contributed by atoms with Crippen LogP contribution >= 0.6 is 0 Å². The average molecular weight is 404 g/mol. The van der Waals surface area contributed by atoms with E-state index in [1.165, 1.54) is 0 Å². The lowest BCUT2D eigenvalue weighted by Crippen LogP contribution is -2.39. The summed E-state index contributed by atoms with van der Waals surface area (Å²) in [6, 6.07) is 3.90. The second-order valence-electron chi connectivity index (χ2n) is 9.86. The Morgan fingerprint density at radius 1 is 1.03 bits per heavy atom. The highest BCUT2D eigenvalue weighted by molar-refractivity contribution is 5.88. The maximum absolute atomic E-state index is 12.7. The molecule has 0 aromatic carbocycles. The molecule has 29 heavy (non-hydrogen) atoms. The quantitative estimate of drug-likeness (QED) is 0.705. The summed E-state index contributed by atoms with van der Waals surface area (Å²) in [5.74, 6) is 0.590. The van der Waals surface area contributed by atoms with Crippen LogP contribution in [0.1, 0.15) is 78.8 Å². The predicted octanol–water partition coefficient (Wildman–Crippen LogP) is 5.06. The smallest absolute Gasteiger partial charge is 0.416 e. The highest BCUT2D eigenvalue weighted by Gasteiger charge is 2.38. The second kappa shape index (κ2) is 7.84. The lowest BCUT2D eigenvalue weighted by molar-refractivity contribution is 0.0224. The van der Waals surface area contributed by atoms with Crippen LogP contribution in [0.3, 0.4) is 0 Å². The van der Waals surface area contributed by atoms with Crippen molar-refractivity contribution in [1.29, 1.82) is 0 Å². The van der Waals surface area contributed by atoms with E-state index in [4.69, 9.17) is 9.47 Å². The van der Waals surface area contributed by atoms with Crippen molar-refractivity contribution in [2.75, 3.05) is 11.4 Å². The summed E-state index contributed by atoms with van der Waals surface area (Å²) in [4.78, 5) is 33.2. The summed E-state index contributed by atoms with van der Waals surface area (Å²) >= 11 is 0. The van der Waals surface area contributed by atoms with Gasteiger partial charge in [-0.2, -0.15) is 0 Å². The van der Waals surface area contributed by atoms with E-state index in [1.54, 1.807) is 16.0 Å². The molecule has 1 unspecified atom stereocenters. The van der Waals surface area contributed by atoms with Crippen molar-refractivity contribution in [2.45, 2.75) is 90.5 Å². The summed E-state index contributed by atoms with van der Waals surface area (Å²) in [6.45, 7) is 11.9. The van der Waals surface area contributed by atoms with E-state index in [1.807, 2.05) is 53.7 Å². The van der Waals surface area contributed by atoms with E-state index in [9.17, 15) is 9.59 Å². The molecule has 2 fully saturated rings. The van der Waals surface area contributed by atoms with Crippen LogP contribution in [0.25, 0.3) is 0 Å². The zero-order valence-corrected chi connectivity index (χ0v) is 18.4. The number of anilines is 1. The van der Waals surface area contributed by atoms with E-state index in [0.29, 0.717) is 12.4 Å². The van der Waals surface area contributed by atoms with Crippen molar-refractivity contribution >= 4 is 18.0 Å². The minimum absolute atomic E-state index is 0.0534. The monoisotopic (exact) mass is 403 g/mol. The molecule has 2 heterocycles. The zero-order chi connectivity index (χ0) is 21.4. The lowest BCUT2D eigenvalue weighted by atomic mass is 10.1. The van der Waals surface area contributed by atoms with Gasteiger partial charge in [0.25, 0.3) is 0 Å². The first-order valence-corrected chi connectivity index (χ1v) is 10.4. The van der Waals surface area contributed by atoms with Gasteiger partial charge in [0.05, 0.1) is 6.04 Å². The third kappa shape index (κ3) is 5.61. The number of rotatable bonds is 3. The lowest BCUT2D eigenvalue weighted by Gasteiger charge is -2.29. The van der Waals surface area contributed by atoms with Gasteiger partial charge in [-0.1, -0.05) is 6.07 Å². The Hall–Kier alpha value is -2.31. The Morgan fingerprint density at radius 3 is 2.21 bits per heavy atom. The molecule has 3 rings (SSSR count). The van der Waals surface area contributed by atoms with Crippen LogP contribution in [0.5, 0.6) is 0 Å². The normalized spacial score (nSPS) is 19.8. The van der Waals surface area contributed by atoms with Crippen LogP contribution < -0.4 is 4.90 Å². The molecule has 7 nitrogen and oxygen atoms in total. The molecule has 0 radical (unpaired) electrons. The maximum Gasteiger partial charge on any atom is 0.416 e. The van der Waals surface area contributed by atoms with E-state index in [2.05, 4.69) is 4.98 Å². The van der Waals surface area contributed by atoms with Gasteiger partial charge in [-0.15, -0.1) is 0 Å². The zero-order valence-electron chi connectivity index (χ0n) is 18.4. The molecular formula is C22H33N3O4. The largest absolute Gasteiger partial charge is 0.444 e. The Labute approximate surface area is 173 Å². The van der Waals surface area contributed by atoms with Gasteiger partial charge < -0.3 is 14.4 Å². The van der Waals surface area contributed by atoms with Crippen molar-refractivity contribution < 1.29 is 19.1 Å². The number of ether oxygens (including phenoxy) is 2. The van der Waals surface area contributed by atoms with E-state index in [0.717, 1.165) is 31.2 Å². The molecule has 0 N–H and O–H groups in total. The summed E-state index contributed by atoms with van der Waals surface area (Å²) in [6.07, 6.45) is 4.82. The van der Waals surface area contributed by atoms with Crippen LogP contribution in [0.15, 0.2) is 18.3 Å². The molecule has 1 aliphatic heterocycles. The Morgan fingerprint density at radius 2 is 1.69 bits per heavy atom. The molecule has 2 amide bonds. The van der Waals surface area contributed by atoms with Crippen molar-refractivity contribution in [3.8, 4) is 0 Å². The van der Waals surface area contributed by atoms with Gasteiger partial charge in [-0.05, 0) is 78.9 Å². The molecule has 0 spiro atoms. The fourth-order valence-corrected chi connectivity index (χ4v) is 3.46. The SMILES string of the molecule is CC(C)(C)OC(=O)N1CCCC1c1ccc(N(C(=O)OC(C)(C)C)C2CC2)nc1. The summed E-state index contributed by atoms with van der Waals surface area (Å²) in [5.41, 5.74) is -0.121. The summed E-state index contributed by atoms with van der Waals surface area (Å²) in [5, 5.41) is 0. The summed E-state index contributed by atoms with van der Waals surface area (Å²) in [7, 11) is 0. The van der Waals surface area contributed by atoms with Crippen molar-refractivity contribution in [1.82, 2.24) is 9.88 Å². The van der Waals surface area contributed by atoms with Crippen molar-refractivity contribution in [3.63, 3.8) is 0 Å². The number of pyridine rings is 1. The highest BCUT2D eigenvalue weighted by Crippen LogP contribution is 2.35. The fourth-order valence-electron chi connectivity index (χ4n) is 3.46. The number of hydrogen-bond acceptors (Lipinski definition) is 5. The third-order valence-electron chi connectivity index (χ3n) is 4.79. The Balaban J connectivity index is 1.75. The first-order valence-electron chi connectivity index (χ1n) is 10.4. The first-order chi connectivity index (χ1) is 13.4. The summed E-state index contributed by atoms with van der Waals surface area (Å²) < 4.78 is 11.1. The molecule has 1 saturated heterocycles. The number of aromatic nitrogens is 1. The van der Waals surface area contributed by atoms with Crippen molar-refractivity contribution in [3.05, 3.63) is 23.9 Å². The van der Waals surface area contributed by atoms with E-state index < -0.39 is 11.2 Å². The molecule has 7 heteroatoms. The molecular weight excluding hydrogens is 370 g/mol. The van der Waals surface area contributed by atoms with Gasteiger partial charge >= 0.3 is 12.2 Å². The molecule has 1 aliphatic carbocycles. The maximum atomic E-state index is 12.7. The number of carbonyl (C=O) groups is 2. The third-order valence-corrected chi connectivity index (χ3v) is 4.79. The number of amides is 2. The van der Waals surface area contributed by atoms with Crippen LogP contribution in [0.2, 0.25) is 0 Å². The van der Waals surface area contributed by atoms with Crippen LogP contribution in [-0.2, 0) is 9.47 Å². The van der Waals surface area contributed by atoms with Crippen LogP contribution in [-0.4, -0.2) is 45.9 Å². The molecule has 2 aliphatic rings. The minimum atomic E-state index is -0.554. The highest BCUT2D eigenvalue weighted by atomic mass is 16.6. The van der Waals surface area contributed by atoms with E-state index in [-0.39, 0.29) is 24.3 Å². The van der Waals surface area contributed by atoms with Crippen LogP contribution in [0.4, 0.5) is 15.4 Å². The molecule has 1 aromatic heterocycles. The van der Waals surface area contributed by atoms with Gasteiger partial charge in [0.1, 0.15) is 17.0 Å². The topological polar surface area (TPSA) is 72.0 Å². The molecule has 160 valence electrons. The molecule has 1 aromatic rings. The second-order valence-corrected chi connectivity index (χ2v) is 9.86. The minimum Gasteiger partial charge on any atom is -0.444 e. The van der Waals surface area contributed by atoms with Crippen LogP contribution in [0, 0.1) is 0 Å². The van der Waals surface area contributed by atoms with Gasteiger partial charge in [0, 0.05) is 18.8 Å².